The molecular weight excluding hydrogens is 428 g/mol. The van der Waals surface area contributed by atoms with Gasteiger partial charge in [-0.1, -0.05) is 51.0 Å². The third-order valence-corrected chi connectivity index (χ3v) is 5.15. The van der Waals surface area contributed by atoms with E-state index in [0.717, 1.165) is 25.7 Å². The smallest absolute Gasteiger partial charge is 0.255 e. The molecule has 0 spiro atoms. The van der Waals surface area contributed by atoms with Crippen LogP contribution in [0.1, 0.15) is 60.2 Å². The van der Waals surface area contributed by atoms with Crippen LogP contribution in [0.3, 0.4) is 0 Å². The normalized spacial score (nSPS) is 10.4. The predicted molar refractivity (Wildman–Crippen MR) is 136 cm³/mol. The van der Waals surface area contributed by atoms with Crippen LogP contribution in [0.2, 0.25) is 0 Å². The molecule has 3 rings (SSSR count). The van der Waals surface area contributed by atoms with Crippen LogP contribution in [0, 0.1) is 0 Å². The number of rotatable bonds is 12. The molecular formula is C28H32N2O4. The van der Waals surface area contributed by atoms with Gasteiger partial charge in [0.25, 0.3) is 11.8 Å². The van der Waals surface area contributed by atoms with Crippen molar-refractivity contribution in [3.05, 3.63) is 83.9 Å². The number of para-hydroxylation sites is 2. The first-order chi connectivity index (χ1) is 16.6. The minimum absolute atomic E-state index is 0.283. The molecule has 2 N–H and O–H groups in total. The highest BCUT2D eigenvalue weighted by molar-refractivity contribution is 6.10. The molecule has 0 atom stereocenters. The molecule has 3 aromatic rings. The molecule has 0 aliphatic rings. The van der Waals surface area contributed by atoms with E-state index in [1.807, 2.05) is 12.1 Å². The SMILES string of the molecule is CCCCOc1cccc(C(=O)Nc2ccccc2NC(=O)c2cccc(OCCCC)c2)c1. The van der Waals surface area contributed by atoms with Crippen LogP contribution in [-0.4, -0.2) is 25.0 Å². The van der Waals surface area contributed by atoms with E-state index in [1.165, 1.54) is 0 Å². The fourth-order valence-corrected chi connectivity index (χ4v) is 3.21. The molecule has 0 radical (unpaired) electrons. The predicted octanol–water partition coefficient (Wildman–Crippen LogP) is 6.55. The second kappa shape index (κ2) is 13.0. The lowest BCUT2D eigenvalue weighted by atomic mass is 10.1. The monoisotopic (exact) mass is 460 g/mol. The van der Waals surface area contributed by atoms with Gasteiger partial charge >= 0.3 is 0 Å². The number of amides is 2. The number of hydrogen-bond donors (Lipinski definition) is 2. The minimum atomic E-state index is -0.283. The van der Waals surface area contributed by atoms with Crippen molar-refractivity contribution < 1.29 is 19.1 Å². The number of nitrogens with one attached hydrogen (secondary N) is 2. The summed E-state index contributed by atoms with van der Waals surface area (Å²) in [6.45, 7) is 5.42. The summed E-state index contributed by atoms with van der Waals surface area (Å²) < 4.78 is 11.4. The zero-order chi connectivity index (χ0) is 24.2. The third-order valence-electron chi connectivity index (χ3n) is 5.15. The highest BCUT2D eigenvalue weighted by Crippen LogP contribution is 2.24. The highest BCUT2D eigenvalue weighted by Gasteiger charge is 2.13. The van der Waals surface area contributed by atoms with Crippen molar-refractivity contribution in [2.24, 2.45) is 0 Å². The van der Waals surface area contributed by atoms with E-state index in [-0.39, 0.29) is 11.8 Å². The maximum absolute atomic E-state index is 12.9. The van der Waals surface area contributed by atoms with Crippen LogP contribution in [0.15, 0.2) is 72.8 Å². The summed E-state index contributed by atoms with van der Waals surface area (Å²) in [6.07, 6.45) is 3.99. The third kappa shape index (κ3) is 7.37. The molecule has 0 saturated carbocycles. The van der Waals surface area contributed by atoms with E-state index in [4.69, 9.17) is 9.47 Å². The quantitative estimate of drug-likeness (QED) is 0.301. The minimum Gasteiger partial charge on any atom is -0.494 e. The molecule has 0 heterocycles. The zero-order valence-electron chi connectivity index (χ0n) is 19.8. The van der Waals surface area contributed by atoms with Gasteiger partial charge in [0.1, 0.15) is 11.5 Å². The molecule has 0 aromatic heterocycles. The van der Waals surface area contributed by atoms with Crippen LogP contribution in [-0.2, 0) is 0 Å². The molecule has 178 valence electrons. The van der Waals surface area contributed by atoms with Crippen LogP contribution in [0.4, 0.5) is 11.4 Å². The van der Waals surface area contributed by atoms with Crippen molar-refractivity contribution in [3.63, 3.8) is 0 Å². The van der Waals surface area contributed by atoms with Gasteiger partial charge in [0.15, 0.2) is 0 Å². The van der Waals surface area contributed by atoms with Gasteiger partial charge in [-0.25, -0.2) is 0 Å². The molecule has 0 aliphatic heterocycles. The van der Waals surface area contributed by atoms with E-state index in [2.05, 4.69) is 24.5 Å². The van der Waals surface area contributed by atoms with Crippen molar-refractivity contribution in [2.75, 3.05) is 23.8 Å². The van der Waals surface area contributed by atoms with Gasteiger partial charge in [-0.15, -0.1) is 0 Å². The van der Waals surface area contributed by atoms with Crippen molar-refractivity contribution in [1.29, 1.82) is 0 Å². The second-order valence-electron chi connectivity index (χ2n) is 7.91. The highest BCUT2D eigenvalue weighted by atomic mass is 16.5. The summed E-state index contributed by atoms with van der Waals surface area (Å²) in [7, 11) is 0. The number of unbranched alkanes of at least 4 members (excludes halogenated alkanes) is 2. The van der Waals surface area contributed by atoms with E-state index < -0.39 is 0 Å². The molecule has 0 bridgehead atoms. The van der Waals surface area contributed by atoms with Crippen molar-refractivity contribution >= 4 is 23.2 Å². The van der Waals surface area contributed by atoms with Crippen molar-refractivity contribution in [2.45, 2.75) is 39.5 Å². The molecule has 6 nitrogen and oxygen atoms in total. The number of carbonyl (C=O) groups is 2. The summed E-state index contributed by atoms with van der Waals surface area (Å²) in [4.78, 5) is 25.8. The molecule has 0 aliphatic carbocycles. The molecule has 34 heavy (non-hydrogen) atoms. The Morgan fingerprint density at radius 1 is 0.647 bits per heavy atom. The lowest BCUT2D eigenvalue weighted by Gasteiger charge is -2.13. The number of carbonyl (C=O) groups excluding carboxylic acids is 2. The summed E-state index contributed by atoms with van der Waals surface area (Å²) in [5, 5.41) is 5.78. The largest absolute Gasteiger partial charge is 0.494 e. The van der Waals surface area contributed by atoms with Gasteiger partial charge in [-0.3, -0.25) is 9.59 Å². The summed E-state index contributed by atoms with van der Waals surface area (Å²) in [5.74, 6) is 0.746. The summed E-state index contributed by atoms with van der Waals surface area (Å²) in [6, 6.07) is 21.3. The molecule has 0 fully saturated rings. The van der Waals surface area contributed by atoms with E-state index >= 15 is 0 Å². The first-order valence-electron chi connectivity index (χ1n) is 11.8. The Kier molecular flexibility index (Phi) is 9.52. The van der Waals surface area contributed by atoms with Gasteiger partial charge in [0.2, 0.25) is 0 Å². The number of ether oxygens (including phenoxy) is 2. The Morgan fingerprint density at radius 2 is 1.09 bits per heavy atom. The van der Waals surface area contributed by atoms with Crippen LogP contribution in [0.5, 0.6) is 11.5 Å². The Morgan fingerprint density at radius 3 is 1.50 bits per heavy atom. The molecule has 6 heteroatoms. The standard InChI is InChI=1S/C28H32N2O4/c1-3-5-17-33-23-13-9-11-21(19-23)27(31)29-25-15-7-8-16-26(25)30-28(32)22-12-10-14-24(20-22)34-18-6-4-2/h7-16,19-20H,3-6,17-18H2,1-2H3,(H,29,31)(H,30,32). The average molecular weight is 461 g/mol. The van der Waals surface area contributed by atoms with Crippen LogP contribution >= 0.6 is 0 Å². The van der Waals surface area contributed by atoms with E-state index in [0.29, 0.717) is 47.2 Å². The lowest BCUT2D eigenvalue weighted by molar-refractivity contribution is 0.101. The summed E-state index contributed by atoms with van der Waals surface area (Å²) in [5.41, 5.74) is 1.97. The summed E-state index contributed by atoms with van der Waals surface area (Å²) >= 11 is 0. The topological polar surface area (TPSA) is 76.7 Å². The Balaban J connectivity index is 1.68. The Hall–Kier alpha value is -3.80. The van der Waals surface area contributed by atoms with Crippen LogP contribution in [0.25, 0.3) is 0 Å². The fourth-order valence-electron chi connectivity index (χ4n) is 3.21. The van der Waals surface area contributed by atoms with Gasteiger partial charge in [0.05, 0.1) is 24.6 Å². The van der Waals surface area contributed by atoms with E-state index in [9.17, 15) is 9.59 Å². The number of hydrogen-bond acceptors (Lipinski definition) is 4. The van der Waals surface area contributed by atoms with Gasteiger partial charge in [-0.2, -0.15) is 0 Å². The van der Waals surface area contributed by atoms with Crippen molar-refractivity contribution in [1.82, 2.24) is 0 Å². The van der Waals surface area contributed by atoms with E-state index in [1.54, 1.807) is 60.7 Å². The Labute approximate surface area is 201 Å². The van der Waals surface area contributed by atoms with Crippen molar-refractivity contribution in [3.8, 4) is 11.5 Å². The lowest BCUT2D eigenvalue weighted by Crippen LogP contribution is -2.17. The van der Waals surface area contributed by atoms with Crippen LogP contribution < -0.4 is 20.1 Å². The average Bonchev–Trinajstić information content (AvgIpc) is 2.86. The molecule has 0 unspecified atom stereocenters. The van der Waals surface area contributed by atoms with Gasteiger partial charge < -0.3 is 20.1 Å². The maximum Gasteiger partial charge on any atom is 0.255 e. The Bertz CT molecular complexity index is 1010. The fraction of sp³-hybridized carbons (Fsp3) is 0.286. The second-order valence-corrected chi connectivity index (χ2v) is 7.91. The molecule has 0 saturated heterocycles. The molecule has 2 amide bonds. The zero-order valence-corrected chi connectivity index (χ0v) is 19.8. The first-order valence-corrected chi connectivity index (χ1v) is 11.8. The number of benzene rings is 3. The maximum atomic E-state index is 12.9. The number of anilines is 2. The molecule has 3 aromatic carbocycles. The van der Waals surface area contributed by atoms with Gasteiger partial charge in [-0.05, 0) is 61.4 Å². The van der Waals surface area contributed by atoms with Gasteiger partial charge in [0, 0.05) is 11.1 Å². The first kappa shape index (κ1) is 24.8.